The predicted molar refractivity (Wildman–Crippen MR) is 107 cm³/mol. The van der Waals surface area contributed by atoms with Crippen LogP contribution in [0.1, 0.15) is 37.6 Å². The van der Waals surface area contributed by atoms with E-state index >= 15 is 4.39 Å². The minimum absolute atomic E-state index is 0.0123. The van der Waals surface area contributed by atoms with E-state index in [-0.39, 0.29) is 24.4 Å². The zero-order valence-corrected chi connectivity index (χ0v) is 17.4. The molecule has 162 valence electrons. The Kier molecular flexibility index (Phi) is 5.69. The van der Waals surface area contributed by atoms with Gasteiger partial charge in [-0.1, -0.05) is 20.8 Å². The van der Waals surface area contributed by atoms with Gasteiger partial charge in [0.05, 0.1) is 18.1 Å². The zero-order chi connectivity index (χ0) is 22.2. The Balaban J connectivity index is 1.90. The Hall–Kier alpha value is -3.17. The minimum atomic E-state index is -1.60. The van der Waals surface area contributed by atoms with E-state index in [0.29, 0.717) is 11.3 Å². The number of imidazole rings is 1. The first kappa shape index (κ1) is 21.5. The average Bonchev–Trinajstić information content (AvgIpc) is 3.08. The Morgan fingerprint density at radius 3 is 2.57 bits per heavy atom. The van der Waals surface area contributed by atoms with Gasteiger partial charge in [-0.3, -0.25) is 4.79 Å². The van der Waals surface area contributed by atoms with Gasteiger partial charge in [0.1, 0.15) is 11.7 Å². The predicted octanol–water partition coefficient (Wildman–Crippen LogP) is 2.46. The lowest BCUT2D eigenvalue weighted by molar-refractivity contribution is -0.0526. The van der Waals surface area contributed by atoms with Crippen LogP contribution in [0.25, 0.3) is 11.3 Å². The summed E-state index contributed by atoms with van der Waals surface area (Å²) in [6.45, 7) is 5.44. The first-order chi connectivity index (χ1) is 14.0. The lowest BCUT2D eigenvalue weighted by Gasteiger charge is -2.46. The highest BCUT2D eigenvalue weighted by Gasteiger charge is 2.47. The quantitative estimate of drug-likeness (QED) is 0.785. The summed E-state index contributed by atoms with van der Waals surface area (Å²) in [7, 11) is 1.81. The molecule has 1 unspecified atom stereocenters. The summed E-state index contributed by atoms with van der Waals surface area (Å²) >= 11 is 0. The largest absolute Gasteiger partial charge is 0.471 e. The molecular weight excluding hydrogens is 393 g/mol. The minimum Gasteiger partial charge on any atom is -0.471 e. The number of aromatic nitrogens is 3. The number of nitrogens with two attached hydrogens (primary N) is 1. The molecule has 3 heterocycles. The average molecular weight is 419 g/mol. The molecule has 10 heteroatoms. The van der Waals surface area contributed by atoms with Crippen LogP contribution in [0.3, 0.4) is 0 Å². The van der Waals surface area contributed by atoms with Gasteiger partial charge < -0.3 is 25.0 Å². The Morgan fingerprint density at radius 1 is 1.33 bits per heavy atom. The number of halogens is 1. The van der Waals surface area contributed by atoms with Crippen LogP contribution in [0.15, 0.2) is 24.8 Å². The lowest BCUT2D eigenvalue weighted by Crippen LogP contribution is -2.60. The number of carbonyl (C=O) groups excluding carboxylic acids is 1. The van der Waals surface area contributed by atoms with Crippen molar-refractivity contribution in [1.29, 1.82) is 0 Å². The second-order valence-corrected chi connectivity index (χ2v) is 8.54. The van der Waals surface area contributed by atoms with E-state index in [1.165, 1.54) is 12.3 Å². The van der Waals surface area contributed by atoms with Crippen molar-refractivity contribution in [3.63, 3.8) is 0 Å². The van der Waals surface area contributed by atoms with E-state index in [1.807, 2.05) is 7.05 Å². The zero-order valence-electron chi connectivity index (χ0n) is 17.4. The maximum atomic E-state index is 15.4. The van der Waals surface area contributed by atoms with Crippen molar-refractivity contribution in [2.45, 2.75) is 45.5 Å². The summed E-state index contributed by atoms with van der Waals surface area (Å²) < 4.78 is 22.9. The van der Waals surface area contributed by atoms with E-state index in [0.717, 1.165) is 4.90 Å². The number of rotatable bonds is 4. The number of nitrogens with zero attached hydrogens (tertiary/aromatic N) is 4. The summed E-state index contributed by atoms with van der Waals surface area (Å²) in [5.41, 5.74) is 6.04. The van der Waals surface area contributed by atoms with Crippen LogP contribution < -0.4 is 10.5 Å². The smallest absolute Gasteiger partial charge is 0.407 e. The first-order valence-corrected chi connectivity index (χ1v) is 9.57. The maximum absolute atomic E-state index is 15.4. The normalized spacial score (nSPS) is 22.0. The van der Waals surface area contributed by atoms with Gasteiger partial charge >= 0.3 is 6.09 Å². The van der Waals surface area contributed by atoms with Crippen molar-refractivity contribution >= 4 is 12.0 Å². The molecule has 2 aromatic rings. The third-order valence-corrected chi connectivity index (χ3v) is 5.16. The molecule has 30 heavy (non-hydrogen) atoms. The number of piperidine rings is 1. The fourth-order valence-corrected chi connectivity index (χ4v) is 3.79. The van der Waals surface area contributed by atoms with Crippen LogP contribution in [0, 0.1) is 5.41 Å². The molecule has 0 saturated carbocycles. The topological polar surface area (TPSA) is 124 Å². The van der Waals surface area contributed by atoms with Crippen molar-refractivity contribution in [3.05, 3.63) is 30.4 Å². The molecule has 9 nitrogen and oxygen atoms in total. The third kappa shape index (κ3) is 4.22. The van der Waals surface area contributed by atoms with Crippen LogP contribution in [-0.4, -0.2) is 61.4 Å². The molecule has 1 aliphatic rings. The highest BCUT2D eigenvalue weighted by molar-refractivity contribution is 5.96. The number of carboxylic acid groups (broad SMARTS) is 1. The van der Waals surface area contributed by atoms with Crippen molar-refractivity contribution in [3.8, 4) is 17.1 Å². The fourth-order valence-electron chi connectivity index (χ4n) is 3.79. The van der Waals surface area contributed by atoms with Gasteiger partial charge in [-0.15, -0.1) is 0 Å². The standard InChI is InChI=1S/C20H26FN5O4/c1-20(2,3)16-15(21)14(5-6-26(16)19(28)29)30-18-12(17(22)27)7-11(8-23-18)13-9-25(4)10-24-13/h7-10,14-16H,5-6H2,1-4H3,(H2,22,27)(H,28,29)/t14-,15-,16?/m1/s1. The molecule has 2 aromatic heterocycles. The molecule has 0 aliphatic carbocycles. The van der Waals surface area contributed by atoms with E-state index in [2.05, 4.69) is 9.97 Å². The molecule has 0 spiro atoms. The van der Waals surface area contributed by atoms with Crippen LogP contribution in [0.4, 0.5) is 9.18 Å². The molecule has 0 radical (unpaired) electrons. The van der Waals surface area contributed by atoms with Gasteiger partial charge in [0.25, 0.3) is 5.91 Å². The SMILES string of the molecule is Cn1cnc(-c2cnc(O[C@@H]3CCN(C(=O)O)C(C(C)(C)C)[C@@H]3F)c(C(N)=O)c2)c1. The van der Waals surface area contributed by atoms with E-state index in [9.17, 15) is 14.7 Å². The molecule has 0 aromatic carbocycles. The highest BCUT2D eigenvalue weighted by atomic mass is 19.1. The van der Waals surface area contributed by atoms with Crippen LogP contribution >= 0.6 is 0 Å². The van der Waals surface area contributed by atoms with Gasteiger partial charge in [-0.2, -0.15) is 0 Å². The number of hydrogen-bond donors (Lipinski definition) is 2. The third-order valence-electron chi connectivity index (χ3n) is 5.16. The number of carbonyl (C=O) groups is 2. The molecule has 3 rings (SSSR count). The number of ether oxygens (including phenoxy) is 1. The molecule has 1 saturated heterocycles. The second kappa shape index (κ2) is 7.92. The molecule has 1 aliphatic heterocycles. The molecular formula is C20H26FN5O4. The number of primary amides is 1. The maximum Gasteiger partial charge on any atom is 0.407 e. The van der Waals surface area contributed by atoms with E-state index < -0.39 is 35.7 Å². The number of aryl methyl sites for hydroxylation is 1. The van der Waals surface area contributed by atoms with Gasteiger partial charge in [-0.05, 0) is 11.5 Å². The highest BCUT2D eigenvalue weighted by Crippen LogP contribution is 2.36. The first-order valence-electron chi connectivity index (χ1n) is 9.57. The van der Waals surface area contributed by atoms with Gasteiger partial charge in [-0.25, -0.2) is 19.2 Å². The van der Waals surface area contributed by atoms with Gasteiger partial charge in [0, 0.05) is 38.0 Å². The molecule has 2 amide bonds. The summed E-state index contributed by atoms with van der Waals surface area (Å²) in [6.07, 6.45) is 1.23. The fraction of sp³-hybridized carbons (Fsp3) is 0.500. The van der Waals surface area contributed by atoms with Crippen LogP contribution in [0.2, 0.25) is 0 Å². The Morgan fingerprint density at radius 2 is 2.03 bits per heavy atom. The summed E-state index contributed by atoms with van der Waals surface area (Å²) in [5.74, 6) is -0.840. The summed E-state index contributed by atoms with van der Waals surface area (Å²) in [5, 5.41) is 9.46. The van der Waals surface area contributed by atoms with Crippen molar-refractivity contribution in [1.82, 2.24) is 19.4 Å². The lowest BCUT2D eigenvalue weighted by atomic mass is 9.78. The molecule has 1 fully saturated rings. The van der Waals surface area contributed by atoms with E-state index in [4.69, 9.17) is 10.5 Å². The summed E-state index contributed by atoms with van der Waals surface area (Å²) in [6, 6.07) is 0.604. The number of likely N-dealkylation sites (tertiary alicyclic amines) is 1. The molecule has 3 atom stereocenters. The second-order valence-electron chi connectivity index (χ2n) is 8.54. The Labute approximate surface area is 173 Å². The molecule has 3 N–H and O–H groups in total. The Bertz CT molecular complexity index is 955. The van der Waals surface area contributed by atoms with Gasteiger partial charge in [0.2, 0.25) is 5.88 Å². The monoisotopic (exact) mass is 419 g/mol. The van der Waals surface area contributed by atoms with Gasteiger partial charge in [0.15, 0.2) is 6.17 Å². The van der Waals surface area contributed by atoms with Crippen molar-refractivity contribution < 1.29 is 23.8 Å². The number of pyridine rings is 1. The van der Waals surface area contributed by atoms with Crippen LogP contribution in [0.5, 0.6) is 5.88 Å². The van der Waals surface area contributed by atoms with Crippen molar-refractivity contribution in [2.75, 3.05) is 6.54 Å². The van der Waals surface area contributed by atoms with Crippen LogP contribution in [-0.2, 0) is 7.05 Å². The van der Waals surface area contributed by atoms with Crippen molar-refractivity contribution in [2.24, 2.45) is 18.2 Å². The summed E-state index contributed by atoms with van der Waals surface area (Å²) in [4.78, 5) is 33.1. The number of hydrogen-bond acceptors (Lipinski definition) is 5. The van der Waals surface area contributed by atoms with E-state index in [1.54, 1.807) is 37.9 Å². The molecule has 0 bridgehead atoms. The number of amides is 2. The number of alkyl halides is 1.